The average molecular weight is 282 g/mol. The fourth-order valence-corrected chi connectivity index (χ4v) is 3.94. The van der Waals surface area contributed by atoms with Crippen molar-refractivity contribution >= 4 is 22.2 Å². The summed E-state index contributed by atoms with van der Waals surface area (Å²) in [6.07, 6.45) is 3.48. The Morgan fingerprint density at radius 2 is 2.20 bits per heavy atom. The number of nitrogens with one attached hydrogen (secondary N) is 1. The van der Waals surface area contributed by atoms with Gasteiger partial charge in [-0.1, -0.05) is 6.07 Å². The summed E-state index contributed by atoms with van der Waals surface area (Å²) in [5.74, 6) is 0.673. The predicted molar refractivity (Wildman–Crippen MR) is 86.5 cm³/mol. The van der Waals surface area contributed by atoms with Gasteiger partial charge < -0.3 is 9.88 Å². The lowest BCUT2D eigenvalue weighted by Gasteiger charge is -2.10. The maximum atomic E-state index is 3.44. The third kappa shape index (κ3) is 1.98. The smallest absolute Gasteiger partial charge is 0.0457 e. The summed E-state index contributed by atoms with van der Waals surface area (Å²) in [6.45, 7) is 2.39. The molecule has 102 valence electrons. The van der Waals surface area contributed by atoms with Gasteiger partial charge >= 0.3 is 0 Å². The number of H-pyrrole nitrogens is 1. The number of rotatable bonds is 2. The van der Waals surface area contributed by atoms with Crippen LogP contribution in [0.15, 0.2) is 41.2 Å². The highest BCUT2D eigenvalue weighted by Gasteiger charge is 2.23. The van der Waals surface area contributed by atoms with Crippen LogP contribution in [0.5, 0.6) is 0 Å². The fourth-order valence-electron chi connectivity index (χ4n) is 3.28. The number of aromatic amines is 1. The van der Waals surface area contributed by atoms with E-state index in [4.69, 9.17) is 0 Å². The van der Waals surface area contributed by atoms with Gasteiger partial charge in [0.15, 0.2) is 0 Å². The molecule has 0 amide bonds. The molecule has 1 aromatic carbocycles. The normalized spacial score (nSPS) is 19.9. The fraction of sp³-hybridized carbons (Fsp3) is 0.294. The second-order valence-corrected chi connectivity index (χ2v) is 6.54. The first-order valence-corrected chi connectivity index (χ1v) is 8.08. The number of benzene rings is 1. The number of fused-ring (bicyclic) bond motifs is 1. The molecule has 0 spiro atoms. The number of aromatic nitrogens is 1. The lowest BCUT2D eigenvalue weighted by Crippen LogP contribution is -2.13. The van der Waals surface area contributed by atoms with E-state index in [2.05, 4.69) is 58.2 Å². The predicted octanol–water partition coefficient (Wildman–Crippen LogP) is 4.32. The highest BCUT2D eigenvalue weighted by molar-refractivity contribution is 7.08. The van der Waals surface area contributed by atoms with Crippen molar-refractivity contribution < 1.29 is 0 Å². The van der Waals surface area contributed by atoms with Crippen LogP contribution >= 0.6 is 11.3 Å². The van der Waals surface area contributed by atoms with E-state index >= 15 is 0 Å². The minimum Gasteiger partial charge on any atom is -0.361 e. The molecule has 1 aliphatic rings. The van der Waals surface area contributed by atoms with Gasteiger partial charge in [0.05, 0.1) is 0 Å². The number of likely N-dealkylation sites (N-methyl/N-ethyl adjacent to an activating group) is 1. The Morgan fingerprint density at radius 1 is 1.25 bits per heavy atom. The third-order valence-corrected chi connectivity index (χ3v) is 5.08. The molecule has 0 radical (unpaired) electrons. The van der Waals surface area contributed by atoms with E-state index in [1.807, 2.05) is 0 Å². The van der Waals surface area contributed by atoms with Gasteiger partial charge in [0.1, 0.15) is 0 Å². The summed E-state index contributed by atoms with van der Waals surface area (Å²) in [7, 11) is 2.21. The van der Waals surface area contributed by atoms with Crippen LogP contribution in [0.3, 0.4) is 0 Å². The summed E-state index contributed by atoms with van der Waals surface area (Å²) < 4.78 is 0. The molecule has 0 aliphatic carbocycles. The molecule has 4 rings (SSSR count). The molecule has 20 heavy (non-hydrogen) atoms. The lowest BCUT2D eigenvalue weighted by atomic mass is 9.96. The Bertz CT molecular complexity index is 727. The van der Waals surface area contributed by atoms with E-state index in [1.165, 1.54) is 47.1 Å². The van der Waals surface area contributed by atoms with Crippen LogP contribution in [0.2, 0.25) is 0 Å². The zero-order chi connectivity index (χ0) is 13.5. The largest absolute Gasteiger partial charge is 0.361 e. The molecule has 0 bridgehead atoms. The molecular formula is C17H18N2S. The van der Waals surface area contributed by atoms with Gasteiger partial charge in [-0.2, -0.15) is 11.3 Å². The summed E-state index contributed by atoms with van der Waals surface area (Å²) in [5, 5.41) is 5.76. The summed E-state index contributed by atoms with van der Waals surface area (Å²) in [4.78, 5) is 5.86. The van der Waals surface area contributed by atoms with Crippen molar-refractivity contribution in [1.29, 1.82) is 0 Å². The first-order valence-electron chi connectivity index (χ1n) is 7.13. The van der Waals surface area contributed by atoms with Crippen LogP contribution in [0.4, 0.5) is 0 Å². The Hall–Kier alpha value is -1.58. The highest BCUT2D eigenvalue weighted by atomic mass is 32.1. The van der Waals surface area contributed by atoms with Crippen molar-refractivity contribution in [2.75, 3.05) is 20.1 Å². The second kappa shape index (κ2) is 4.76. The van der Waals surface area contributed by atoms with Gasteiger partial charge in [0, 0.05) is 23.6 Å². The molecule has 2 nitrogen and oxygen atoms in total. The van der Waals surface area contributed by atoms with E-state index in [9.17, 15) is 0 Å². The van der Waals surface area contributed by atoms with Crippen LogP contribution in [0, 0.1) is 0 Å². The molecule has 2 aromatic heterocycles. The minimum absolute atomic E-state index is 0.673. The monoisotopic (exact) mass is 282 g/mol. The molecular weight excluding hydrogens is 264 g/mol. The average Bonchev–Trinajstić information content (AvgIpc) is 3.17. The van der Waals surface area contributed by atoms with Crippen LogP contribution in [-0.4, -0.2) is 30.0 Å². The molecule has 3 aromatic rings. The van der Waals surface area contributed by atoms with Crippen molar-refractivity contribution in [2.45, 2.75) is 12.3 Å². The quantitative estimate of drug-likeness (QED) is 0.742. The van der Waals surface area contributed by atoms with Crippen LogP contribution in [-0.2, 0) is 0 Å². The Morgan fingerprint density at radius 3 is 2.95 bits per heavy atom. The van der Waals surface area contributed by atoms with E-state index < -0.39 is 0 Å². The van der Waals surface area contributed by atoms with Gasteiger partial charge in [-0.15, -0.1) is 0 Å². The maximum absolute atomic E-state index is 3.44. The number of thiophene rings is 1. The first-order chi connectivity index (χ1) is 9.81. The standard InChI is InChI=1S/C17H18N2S/c1-19-6-4-13(10-19)16-9-18-17-3-2-12(8-15(16)17)14-5-7-20-11-14/h2-3,5,7-9,11,13,18H,4,6,10H2,1H3. The Kier molecular flexibility index (Phi) is 2.90. The number of nitrogens with zero attached hydrogens (tertiary/aromatic N) is 1. The van der Waals surface area contributed by atoms with Crippen molar-refractivity contribution in [3.63, 3.8) is 0 Å². The molecule has 1 saturated heterocycles. The van der Waals surface area contributed by atoms with E-state index in [0.717, 1.165) is 0 Å². The lowest BCUT2D eigenvalue weighted by molar-refractivity contribution is 0.412. The zero-order valence-electron chi connectivity index (χ0n) is 11.6. The van der Waals surface area contributed by atoms with Gasteiger partial charge in [0.2, 0.25) is 0 Å². The summed E-state index contributed by atoms with van der Waals surface area (Å²) >= 11 is 1.76. The molecule has 1 atom stereocenters. The van der Waals surface area contributed by atoms with Gasteiger partial charge in [0.25, 0.3) is 0 Å². The Labute approximate surface area is 123 Å². The van der Waals surface area contributed by atoms with Crippen LogP contribution < -0.4 is 0 Å². The van der Waals surface area contributed by atoms with E-state index in [-0.39, 0.29) is 0 Å². The van der Waals surface area contributed by atoms with Gasteiger partial charge in [-0.3, -0.25) is 0 Å². The van der Waals surface area contributed by atoms with Crippen LogP contribution in [0.25, 0.3) is 22.0 Å². The number of likely N-dealkylation sites (tertiary alicyclic amines) is 1. The Balaban J connectivity index is 1.80. The molecule has 1 aliphatic heterocycles. The maximum Gasteiger partial charge on any atom is 0.0457 e. The first kappa shape index (κ1) is 12.2. The molecule has 3 heterocycles. The van der Waals surface area contributed by atoms with E-state index in [1.54, 1.807) is 11.3 Å². The number of hydrogen-bond acceptors (Lipinski definition) is 2. The van der Waals surface area contributed by atoms with Crippen molar-refractivity contribution in [1.82, 2.24) is 9.88 Å². The van der Waals surface area contributed by atoms with Crippen molar-refractivity contribution in [2.24, 2.45) is 0 Å². The third-order valence-electron chi connectivity index (χ3n) is 4.40. The minimum atomic E-state index is 0.673. The highest BCUT2D eigenvalue weighted by Crippen LogP contribution is 2.34. The molecule has 1 N–H and O–H groups in total. The number of hydrogen-bond donors (Lipinski definition) is 1. The molecule has 3 heteroatoms. The zero-order valence-corrected chi connectivity index (χ0v) is 12.4. The van der Waals surface area contributed by atoms with Gasteiger partial charge in [-0.25, -0.2) is 0 Å². The SMILES string of the molecule is CN1CCC(c2c[nH]c3ccc(-c4ccsc4)cc23)C1. The van der Waals surface area contributed by atoms with Crippen molar-refractivity contribution in [3.8, 4) is 11.1 Å². The summed E-state index contributed by atoms with van der Waals surface area (Å²) in [5.41, 5.74) is 5.40. The molecule has 1 unspecified atom stereocenters. The van der Waals surface area contributed by atoms with E-state index in [0.29, 0.717) is 5.92 Å². The van der Waals surface area contributed by atoms with Gasteiger partial charge in [-0.05, 0) is 71.6 Å². The van der Waals surface area contributed by atoms with Crippen molar-refractivity contribution in [3.05, 3.63) is 46.8 Å². The topological polar surface area (TPSA) is 19.0 Å². The molecule has 1 fully saturated rings. The van der Waals surface area contributed by atoms with Crippen LogP contribution in [0.1, 0.15) is 17.9 Å². The summed E-state index contributed by atoms with van der Waals surface area (Å²) in [6, 6.07) is 8.97. The molecule has 0 saturated carbocycles. The second-order valence-electron chi connectivity index (χ2n) is 5.76.